The number of carbonyl (C=O) groups is 1. The first-order valence-electron chi connectivity index (χ1n) is 7.92. The maximum atomic E-state index is 13.0. The van der Waals surface area contributed by atoms with E-state index in [2.05, 4.69) is 5.32 Å². The summed E-state index contributed by atoms with van der Waals surface area (Å²) in [7, 11) is 0. The van der Waals surface area contributed by atoms with Crippen LogP contribution in [-0.2, 0) is 11.0 Å². The van der Waals surface area contributed by atoms with E-state index in [-0.39, 0.29) is 22.3 Å². The zero-order valence-electron chi connectivity index (χ0n) is 13.6. The molecule has 3 nitrogen and oxygen atoms in total. The second kappa shape index (κ2) is 6.32. The Hall–Kier alpha value is -2.99. The van der Waals surface area contributed by atoms with Crippen LogP contribution < -0.4 is 5.32 Å². The van der Waals surface area contributed by atoms with Crippen LogP contribution in [-0.4, -0.2) is 5.91 Å². The Kier molecular flexibility index (Phi) is 4.08. The quantitative estimate of drug-likeness (QED) is 0.537. The van der Waals surface area contributed by atoms with Crippen molar-refractivity contribution in [3.8, 4) is 11.3 Å². The van der Waals surface area contributed by atoms with Gasteiger partial charge in [-0.25, -0.2) is 0 Å². The molecular formula is C20H11ClF3NO2. The van der Waals surface area contributed by atoms with E-state index in [9.17, 15) is 18.0 Å². The van der Waals surface area contributed by atoms with Gasteiger partial charge in [0.1, 0.15) is 11.5 Å². The summed E-state index contributed by atoms with van der Waals surface area (Å²) in [6.07, 6.45) is -3.00. The van der Waals surface area contributed by atoms with Crippen molar-refractivity contribution < 1.29 is 22.4 Å². The summed E-state index contributed by atoms with van der Waals surface area (Å²) in [5.41, 5.74) is 1.19. The average Bonchev–Trinajstić information content (AvgIpc) is 3.20. The molecule has 0 saturated heterocycles. The van der Waals surface area contributed by atoms with Gasteiger partial charge in [0.25, 0.3) is 5.91 Å². The van der Waals surface area contributed by atoms with Gasteiger partial charge in [-0.3, -0.25) is 4.79 Å². The SMILES string of the molecule is O=C1Nc2ccccc2/C1=C/c1ccc(-c2ccc(Cl)c(C(F)(F)F)c2)o1. The molecule has 136 valence electrons. The van der Waals surface area contributed by atoms with E-state index in [1.54, 1.807) is 30.3 Å². The van der Waals surface area contributed by atoms with Crippen LogP contribution in [0.15, 0.2) is 59.0 Å². The van der Waals surface area contributed by atoms with Gasteiger partial charge in [0.15, 0.2) is 0 Å². The molecule has 0 radical (unpaired) electrons. The summed E-state index contributed by atoms with van der Waals surface area (Å²) in [4.78, 5) is 12.1. The second-order valence-corrected chi connectivity index (χ2v) is 6.36. The zero-order chi connectivity index (χ0) is 19.2. The maximum Gasteiger partial charge on any atom is 0.417 e. The van der Waals surface area contributed by atoms with Crippen LogP contribution in [0.5, 0.6) is 0 Å². The summed E-state index contributed by atoms with van der Waals surface area (Å²) in [5, 5.41) is 2.37. The van der Waals surface area contributed by atoms with Gasteiger partial charge in [0, 0.05) is 16.8 Å². The molecule has 1 amide bonds. The van der Waals surface area contributed by atoms with Crippen LogP contribution in [0, 0.1) is 0 Å². The van der Waals surface area contributed by atoms with E-state index in [0.29, 0.717) is 17.0 Å². The molecule has 3 aromatic rings. The van der Waals surface area contributed by atoms with Crippen molar-refractivity contribution in [3.05, 3.63) is 76.5 Å². The van der Waals surface area contributed by atoms with Gasteiger partial charge in [0.2, 0.25) is 0 Å². The van der Waals surface area contributed by atoms with Gasteiger partial charge in [-0.15, -0.1) is 0 Å². The van der Waals surface area contributed by atoms with Crippen LogP contribution in [0.25, 0.3) is 23.0 Å². The van der Waals surface area contributed by atoms with Crippen molar-refractivity contribution in [3.63, 3.8) is 0 Å². The second-order valence-electron chi connectivity index (χ2n) is 5.95. The largest absolute Gasteiger partial charge is 0.457 e. The number of alkyl halides is 3. The van der Waals surface area contributed by atoms with Gasteiger partial charge < -0.3 is 9.73 Å². The minimum atomic E-state index is -4.56. The number of hydrogen-bond donors (Lipinski definition) is 1. The minimum absolute atomic E-state index is 0.243. The third-order valence-corrected chi connectivity index (χ3v) is 4.51. The van der Waals surface area contributed by atoms with Gasteiger partial charge in [0.05, 0.1) is 16.2 Å². The van der Waals surface area contributed by atoms with E-state index in [0.717, 1.165) is 11.6 Å². The predicted molar refractivity (Wildman–Crippen MR) is 97.1 cm³/mol. The first-order chi connectivity index (χ1) is 12.8. The van der Waals surface area contributed by atoms with Crippen LogP contribution in [0.3, 0.4) is 0 Å². The summed E-state index contributed by atoms with van der Waals surface area (Å²) < 4.78 is 44.7. The lowest BCUT2D eigenvalue weighted by Gasteiger charge is -2.09. The molecular weight excluding hydrogens is 379 g/mol. The molecule has 1 aromatic heterocycles. The molecule has 0 spiro atoms. The fourth-order valence-electron chi connectivity index (χ4n) is 2.91. The van der Waals surface area contributed by atoms with Crippen LogP contribution in [0.4, 0.5) is 18.9 Å². The lowest BCUT2D eigenvalue weighted by atomic mass is 10.1. The van der Waals surface area contributed by atoms with Crippen LogP contribution in [0.2, 0.25) is 5.02 Å². The van der Waals surface area contributed by atoms with Crippen LogP contribution >= 0.6 is 11.6 Å². The number of halogens is 4. The van der Waals surface area contributed by atoms with Crippen molar-refractivity contribution in [2.24, 2.45) is 0 Å². The number of rotatable bonds is 2. The lowest BCUT2D eigenvalue weighted by molar-refractivity contribution is -0.137. The van der Waals surface area contributed by atoms with Gasteiger partial charge in [-0.1, -0.05) is 29.8 Å². The molecule has 0 bridgehead atoms. The number of hydrogen-bond acceptors (Lipinski definition) is 2. The van der Waals surface area contributed by atoms with Crippen molar-refractivity contribution in [2.75, 3.05) is 5.32 Å². The summed E-state index contributed by atoms with van der Waals surface area (Å²) in [6, 6.07) is 13.9. The molecule has 1 aliphatic rings. The molecule has 0 fully saturated rings. The number of anilines is 1. The summed E-state index contributed by atoms with van der Waals surface area (Å²) >= 11 is 5.65. The molecule has 0 atom stereocenters. The number of amides is 1. The van der Waals surface area contributed by atoms with Gasteiger partial charge in [-0.05, 0) is 42.5 Å². The van der Waals surface area contributed by atoms with Crippen molar-refractivity contribution >= 4 is 34.8 Å². The highest BCUT2D eigenvalue weighted by Crippen LogP contribution is 2.38. The van der Waals surface area contributed by atoms with Crippen LogP contribution in [0.1, 0.15) is 16.9 Å². The molecule has 0 unspecified atom stereocenters. The summed E-state index contributed by atoms with van der Waals surface area (Å²) in [6.45, 7) is 0. The molecule has 0 aliphatic carbocycles. The van der Waals surface area contributed by atoms with E-state index in [4.69, 9.17) is 16.0 Å². The highest BCUT2D eigenvalue weighted by atomic mass is 35.5. The molecule has 1 N–H and O–H groups in total. The Labute approximate surface area is 157 Å². The van der Waals surface area contributed by atoms with Crippen molar-refractivity contribution in [2.45, 2.75) is 6.18 Å². The highest BCUT2D eigenvalue weighted by Gasteiger charge is 2.33. The number of fused-ring (bicyclic) bond motifs is 1. The first kappa shape index (κ1) is 17.4. The van der Waals surface area contributed by atoms with Crippen molar-refractivity contribution in [1.82, 2.24) is 0 Å². The summed E-state index contributed by atoms with van der Waals surface area (Å²) in [5.74, 6) is 0.339. The standard InChI is InChI=1S/C20H11ClF3NO2/c21-16-7-5-11(9-15(16)20(22,23)24)18-8-6-12(27-18)10-14-13-3-1-2-4-17(13)25-19(14)26/h1-10H,(H,25,26)/b14-10-. The number of para-hydroxylation sites is 1. The Bertz CT molecular complexity index is 1080. The number of benzene rings is 2. The minimum Gasteiger partial charge on any atom is -0.457 e. The lowest BCUT2D eigenvalue weighted by Crippen LogP contribution is -2.05. The normalized spacial score (nSPS) is 15.1. The fourth-order valence-corrected chi connectivity index (χ4v) is 3.13. The fraction of sp³-hybridized carbons (Fsp3) is 0.0500. The van der Waals surface area contributed by atoms with Gasteiger partial charge >= 0.3 is 6.18 Å². The van der Waals surface area contributed by atoms with E-state index in [1.165, 1.54) is 12.1 Å². The predicted octanol–water partition coefficient (Wildman–Crippen LogP) is 6.11. The topological polar surface area (TPSA) is 42.2 Å². The van der Waals surface area contributed by atoms with E-state index >= 15 is 0 Å². The van der Waals surface area contributed by atoms with Crippen molar-refractivity contribution in [1.29, 1.82) is 0 Å². The Balaban J connectivity index is 1.70. The molecule has 7 heteroatoms. The molecule has 2 heterocycles. The van der Waals surface area contributed by atoms with Gasteiger partial charge in [-0.2, -0.15) is 13.2 Å². The number of carbonyl (C=O) groups excluding carboxylic acids is 1. The Morgan fingerprint density at radius 3 is 2.59 bits per heavy atom. The Morgan fingerprint density at radius 1 is 1.04 bits per heavy atom. The zero-order valence-corrected chi connectivity index (χ0v) is 14.4. The molecule has 27 heavy (non-hydrogen) atoms. The third kappa shape index (κ3) is 3.24. The first-order valence-corrected chi connectivity index (χ1v) is 8.30. The highest BCUT2D eigenvalue weighted by molar-refractivity contribution is 6.34. The Morgan fingerprint density at radius 2 is 1.81 bits per heavy atom. The van der Waals surface area contributed by atoms with E-state index < -0.39 is 11.7 Å². The molecule has 0 saturated carbocycles. The number of nitrogens with one attached hydrogen (secondary N) is 1. The molecule has 4 rings (SSSR count). The number of furan rings is 1. The average molecular weight is 390 g/mol. The third-order valence-electron chi connectivity index (χ3n) is 4.18. The molecule has 1 aliphatic heterocycles. The smallest absolute Gasteiger partial charge is 0.417 e. The molecule has 2 aromatic carbocycles. The van der Waals surface area contributed by atoms with E-state index in [1.807, 2.05) is 12.1 Å². The maximum absolute atomic E-state index is 13.0. The monoisotopic (exact) mass is 389 g/mol.